The van der Waals surface area contributed by atoms with Crippen molar-refractivity contribution in [1.29, 1.82) is 0 Å². The first-order chi connectivity index (χ1) is 15.8. The van der Waals surface area contributed by atoms with Crippen LogP contribution in [0.4, 0.5) is 21.0 Å². The number of hydrogen-bond donors (Lipinski definition) is 2. The summed E-state index contributed by atoms with van der Waals surface area (Å²) in [6.07, 6.45) is 11.6. The molecule has 1 aromatic rings. The van der Waals surface area contributed by atoms with Gasteiger partial charge in [-0.1, -0.05) is 44.6 Å². The molecular weight excluding hydrogens is 412 g/mol. The molecule has 0 atom stereocenters. The Kier molecular flexibility index (Phi) is 9.04. The lowest BCUT2D eigenvalue weighted by molar-refractivity contribution is 0.145. The first-order valence-electron chi connectivity index (χ1n) is 13.1. The van der Waals surface area contributed by atoms with Gasteiger partial charge in [-0.25, -0.2) is 9.59 Å². The van der Waals surface area contributed by atoms with Gasteiger partial charge in [-0.2, -0.15) is 0 Å². The smallest absolute Gasteiger partial charge is 0.319 e. The zero-order chi connectivity index (χ0) is 24.0. The van der Waals surface area contributed by atoms with E-state index in [1.165, 1.54) is 38.5 Å². The molecule has 0 aromatic heterocycles. The summed E-state index contributed by atoms with van der Waals surface area (Å²) in [5.41, 5.74) is 2.46. The van der Waals surface area contributed by atoms with Gasteiger partial charge in [0.1, 0.15) is 0 Å². The van der Waals surface area contributed by atoms with Crippen molar-refractivity contribution in [3.63, 3.8) is 0 Å². The van der Waals surface area contributed by atoms with Gasteiger partial charge in [0.05, 0.1) is 0 Å². The molecule has 0 aliphatic heterocycles. The Morgan fingerprint density at radius 1 is 0.758 bits per heavy atom. The van der Waals surface area contributed by atoms with E-state index in [0.717, 1.165) is 42.6 Å². The third-order valence-corrected chi connectivity index (χ3v) is 7.25. The fourth-order valence-corrected chi connectivity index (χ4v) is 5.56. The van der Waals surface area contributed by atoms with Gasteiger partial charge < -0.3 is 20.4 Å². The first-order valence-corrected chi connectivity index (χ1v) is 13.1. The number of nitrogens with one attached hydrogen (secondary N) is 2. The highest BCUT2D eigenvalue weighted by molar-refractivity contribution is 5.94. The quantitative estimate of drug-likeness (QED) is 0.477. The van der Waals surface area contributed by atoms with Crippen molar-refractivity contribution in [1.82, 2.24) is 9.80 Å². The zero-order valence-corrected chi connectivity index (χ0v) is 21.3. The first kappa shape index (κ1) is 25.4. The van der Waals surface area contributed by atoms with Crippen molar-refractivity contribution < 1.29 is 9.59 Å². The lowest BCUT2D eigenvalue weighted by atomic mass is 9.93. The predicted octanol–water partition coefficient (Wildman–Crippen LogP) is 7.15. The molecule has 2 aliphatic carbocycles. The van der Waals surface area contributed by atoms with Gasteiger partial charge in [-0.15, -0.1) is 0 Å². The molecule has 6 heteroatoms. The normalized spacial score (nSPS) is 17.8. The Balaban J connectivity index is 1.71. The van der Waals surface area contributed by atoms with Crippen molar-refractivity contribution in [3.05, 3.63) is 23.8 Å². The lowest BCUT2D eigenvalue weighted by Crippen LogP contribution is -2.48. The molecule has 0 unspecified atom stereocenters. The van der Waals surface area contributed by atoms with E-state index in [1.807, 2.05) is 34.9 Å². The van der Waals surface area contributed by atoms with Crippen molar-refractivity contribution >= 4 is 23.4 Å². The average molecular weight is 457 g/mol. The van der Waals surface area contributed by atoms with Crippen molar-refractivity contribution in [2.45, 2.75) is 123 Å². The van der Waals surface area contributed by atoms with Crippen LogP contribution in [0.3, 0.4) is 0 Å². The Labute approximate surface area is 200 Å². The summed E-state index contributed by atoms with van der Waals surface area (Å²) < 4.78 is 0. The van der Waals surface area contributed by atoms with Crippen molar-refractivity contribution in [3.8, 4) is 0 Å². The topological polar surface area (TPSA) is 64.7 Å². The van der Waals surface area contributed by atoms with Crippen LogP contribution >= 0.6 is 0 Å². The molecule has 0 bridgehead atoms. The monoisotopic (exact) mass is 456 g/mol. The van der Waals surface area contributed by atoms with Gasteiger partial charge in [0, 0.05) is 35.5 Å². The summed E-state index contributed by atoms with van der Waals surface area (Å²) in [7, 11) is 0. The molecule has 2 N–H and O–H groups in total. The second-order valence-electron chi connectivity index (χ2n) is 10.5. The van der Waals surface area contributed by atoms with Crippen LogP contribution in [0.1, 0.15) is 97.5 Å². The number of anilines is 2. The maximum atomic E-state index is 13.3. The highest BCUT2D eigenvalue weighted by Crippen LogP contribution is 2.28. The Morgan fingerprint density at radius 3 is 1.67 bits per heavy atom. The molecule has 0 heterocycles. The maximum absolute atomic E-state index is 13.3. The minimum Gasteiger partial charge on any atom is -0.319 e. The average Bonchev–Trinajstić information content (AvgIpc) is 2.77. The van der Waals surface area contributed by atoms with E-state index in [9.17, 15) is 9.59 Å². The summed E-state index contributed by atoms with van der Waals surface area (Å²) in [5.74, 6) is 0. The summed E-state index contributed by atoms with van der Waals surface area (Å²) in [6.45, 7) is 10.3. The van der Waals surface area contributed by atoms with Crippen LogP contribution in [0.5, 0.6) is 0 Å². The zero-order valence-electron chi connectivity index (χ0n) is 21.3. The summed E-state index contributed by atoms with van der Waals surface area (Å²) >= 11 is 0. The molecule has 2 fully saturated rings. The highest BCUT2D eigenvalue weighted by Gasteiger charge is 2.29. The second kappa shape index (κ2) is 11.8. The number of hydrogen-bond acceptors (Lipinski definition) is 2. The number of nitrogens with zero attached hydrogens (tertiary/aromatic N) is 2. The Morgan fingerprint density at radius 2 is 1.21 bits per heavy atom. The van der Waals surface area contributed by atoms with E-state index in [-0.39, 0.29) is 24.1 Å². The molecule has 0 spiro atoms. The van der Waals surface area contributed by atoms with Gasteiger partial charge in [-0.3, -0.25) is 0 Å². The van der Waals surface area contributed by atoms with E-state index >= 15 is 0 Å². The van der Waals surface area contributed by atoms with Crippen LogP contribution in [-0.2, 0) is 0 Å². The third-order valence-electron chi connectivity index (χ3n) is 7.25. The minimum atomic E-state index is -0.0518. The lowest BCUT2D eigenvalue weighted by Gasteiger charge is -2.37. The van der Waals surface area contributed by atoms with Gasteiger partial charge >= 0.3 is 12.1 Å². The molecule has 184 valence electrons. The van der Waals surface area contributed by atoms with E-state index in [2.05, 4.69) is 38.3 Å². The SMILES string of the molecule is Cc1ccc(NC(=O)N(C(C)C)C2CCCCC2)cc1NC(=O)N(C(C)C)C1CCCCC1. The molecular formula is C27H44N4O2. The van der Waals surface area contributed by atoms with E-state index in [4.69, 9.17) is 0 Å². The molecule has 2 saturated carbocycles. The van der Waals surface area contributed by atoms with Gasteiger partial charge in [0.2, 0.25) is 0 Å². The summed E-state index contributed by atoms with van der Waals surface area (Å²) in [5, 5.41) is 6.24. The largest absolute Gasteiger partial charge is 0.322 e. The van der Waals surface area contributed by atoms with E-state index < -0.39 is 0 Å². The van der Waals surface area contributed by atoms with Crippen LogP contribution < -0.4 is 10.6 Å². The number of rotatable bonds is 6. The molecule has 4 amide bonds. The fraction of sp³-hybridized carbons (Fsp3) is 0.704. The standard InChI is InChI=1S/C27H44N4O2/c1-19(2)30(23-12-8-6-9-13-23)26(32)28-22-17-16-21(5)25(18-22)29-27(33)31(20(3)4)24-14-10-7-11-15-24/h16-20,23-24H,6-15H2,1-5H3,(H,28,32)(H,29,33). The molecule has 6 nitrogen and oxygen atoms in total. The van der Waals surface area contributed by atoms with Gasteiger partial charge in [-0.05, 0) is 78.0 Å². The molecule has 1 aromatic carbocycles. The van der Waals surface area contributed by atoms with Crippen molar-refractivity contribution in [2.24, 2.45) is 0 Å². The van der Waals surface area contributed by atoms with E-state index in [1.54, 1.807) is 0 Å². The van der Waals surface area contributed by atoms with Crippen LogP contribution in [-0.4, -0.2) is 46.0 Å². The Hall–Kier alpha value is -2.24. The number of aryl methyl sites for hydroxylation is 1. The van der Waals surface area contributed by atoms with E-state index in [0.29, 0.717) is 12.1 Å². The molecule has 33 heavy (non-hydrogen) atoms. The van der Waals surface area contributed by atoms with Gasteiger partial charge in [0.25, 0.3) is 0 Å². The fourth-order valence-electron chi connectivity index (χ4n) is 5.56. The van der Waals surface area contributed by atoms with Crippen LogP contribution in [0.25, 0.3) is 0 Å². The summed E-state index contributed by atoms with van der Waals surface area (Å²) in [6, 6.07) is 6.58. The summed E-state index contributed by atoms with van der Waals surface area (Å²) in [4.78, 5) is 30.5. The second-order valence-corrected chi connectivity index (χ2v) is 10.5. The number of carbonyl (C=O) groups is 2. The molecule has 2 aliphatic rings. The van der Waals surface area contributed by atoms with Crippen LogP contribution in [0, 0.1) is 6.92 Å². The number of benzene rings is 1. The number of carbonyl (C=O) groups excluding carboxylic acids is 2. The van der Waals surface area contributed by atoms with Crippen LogP contribution in [0.15, 0.2) is 18.2 Å². The number of amides is 4. The van der Waals surface area contributed by atoms with Crippen molar-refractivity contribution in [2.75, 3.05) is 10.6 Å². The molecule has 0 saturated heterocycles. The predicted molar refractivity (Wildman–Crippen MR) is 137 cm³/mol. The molecule has 3 rings (SSSR count). The van der Waals surface area contributed by atoms with Crippen LogP contribution in [0.2, 0.25) is 0 Å². The minimum absolute atomic E-state index is 0.0468. The third kappa shape index (κ3) is 6.64. The molecule has 0 radical (unpaired) electrons. The maximum Gasteiger partial charge on any atom is 0.322 e. The highest BCUT2D eigenvalue weighted by atomic mass is 16.2. The number of urea groups is 2. The van der Waals surface area contributed by atoms with Gasteiger partial charge in [0.15, 0.2) is 0 Å². The Bertz CT molecular complexity index is 795.